The van der Waals surface area contributed by atoms with Gasteiger partial charge in [-0.25, -0.2) is 0 Å². The fourth-order valence-corrected chi connectivity index (χ4v) is 4.54. The van der Waals surface area contributed by atoms with Gasteiger partial charge in [-0.1, -0.05) is 31.0 Å². The minimum atomic E-state index is 0. The van der Waals surface area contributed by atoms with E-state index in [0.717, 1.165) is 44.4 Å². The van der Waals surface area contributed by atoms with Crippen LogP contribution in [-0.4, -0.2) is 44.7 Å². The Kier molecular flexibility index (Phi) is 10.4. The normalized spacial score (nSPS) is 20.1. The smallest absolute Gasteiger partial charge is 0.225 e. The van der Waals surface area contributed by atoms with Crippen molar-refractivity contribution in [3.63, 3.8) is 0 Å². The summed E-state index contributed by atoms with van der Waals surface area (Å²) < 4.78 is 5.63. The first-order valence-electron chi connectivity index (χ1n) is 11.1. The van der Waals surface area contributed by atoms with Gasteiger partial charge in [-0.15, -0.1) is 24.0 Å². The second-order valence-corrected chi connectivity index (χ2v) is 8.27. The van der Waals surface area contributed by atoms with Gasteiger partial charge in [0.15, 0.2) is 5.96 Å². The Morgan fingerprint density at radius 3 is 2.73 bits per heavy atom. The number of benzene rings is 1. The topological polar surface area (TPSA) is 74.8 Å². The van der Waals surface area contributed by atoms with Gasteiger partial charge in [-0.05, 0) is 50.2 Å². The van der Waals surface area contributed by atoms with E-state index in [-0.39, 0.29) is 41.2 Å². The largest absolute Gasteiger partial charge is 0.382 e. The molecular weight excluding hydrogens is 491 g/mol. The Bertz CT molecular complexity index is 704. The summed E-state index contributed by atoms with van der Waals surface area (Å²) in [6.45, 7) is 8.08. The highest BCUT2D eigenvalue weighted by molar-refractivity contribution is 14.0. The lowest BCUT2D eigenvalue weighted by Gasteiger charge is -2.28. The molecule has 1 unspecified atom stereocenters. The van der Waals surface area contributed by atoms with Gasteiger partial charge in [0, 0.05) is 50.9 Å². The number of anilines is 1. The standard InChI is InChI=1S/C23H36N4O2.HI/c1-3-24-22(26-17-23(11-7-8-12-23)13-14-29-4-2)25-16-18-15-21(28)27-20-10-6-5-9-19(18)20;/h5-6,9-10,18H,3-4,7-8,11-17H2,1-2H3,(H,27,28)(H2,24,25,26);1H. The van der Waals surface area contributed by atoms with Crippen molar-refractivity contribution in [2.45, 2.75) is 58.3 Å². The van der Waals surface area contributed by atoms with Gasteiger partial charge in [0.1, 0.15) is 0 Å². The highest BCUT2D eigenvalue weighted by atomic mass is 127. The minimum absolute atomic E-state index is 0. The van der Waals surface area contributed by atoms with Crippen molar-refractivity contribution in [1.82, 2.24) is 10.6 Å². The number of ether oxygens (including phenoxy) is 1. The lowest BCUT2D eigenvalue weighted by Crippen LogP contribution is -2.41. The highest BCUT2D eigenvalue weighted by Crippen LogP contribution is 2.41. The molecule has 1 aromatic rings. The van der Waals surface area contributed by atoms with Crippen LogP contribution in [0.25, 0.3) is 0 Å². The van der Waals surface area contributed by atoms with E-state index < -0.39 is 0 Å². The summed E-state index contributed by atoms with van der Waals surface area (Å²) in [6.07, 6.45) is 6.64. The van der Waals surface area contributed by atoms with E-state index in [1.807, 2.05) is 18.2 Å². The molecular formula is C23H37IN4O2. The number of aliphatic imine (C=N–C) groups is 1. The zero-order chi connectivity index (χ0) is 20.5. The molecule has 1 heterocycles. The summed E-state index contributed by atoms with van der Waals surface area (Å²) in [5.74, 6) is 1.08. The monoisotopic (exact) mass is 528 g/mol. The van der Waals surface area contributed by atoms with E-state index in [4.69, 9.17) is 9.73 Å². The average molecular weight is 528 g/mol. The van der Waals surface area contributed by atoms with E-state index in [1.165, 1.54) is 31.2 Å². The molecule has 3 N–H and O–H groups in total. The van der Waals surface area contributed by atoms with Gasteiger partial charge in [0.2, 0.25) is 5.91 Å². The molecule has 0 radical (unpaired) electrons. The zero-order valence-corrected chi connectivity index (χ0v) is 20.7. The SMILES string of the molecule is CCNC(=NCC1(CCOCC)CCCC1)NCC1CC(=O)Nc2ccccc21.I. The van der Waals surface area contributed by atoms with Crippen molar-refractivity contribution >= 4 is 41.5 Å². The summed E-state index contributed by atoms with van der Waals surface area (Å²) in [6, 6.07) is 8.07. The molecule has 0 bridgehead atoms. The number of para-hydroxylation sites is 1. The number of amides is 1. The molecule has 1 aliphatic carbocycles. The van der Waals surface area contributed by atoms with Crippen molar-refractivity contribution < 1.29 is 9.53 Å². The molecule has 6 nitrogen and oxygen atoms in total. The summed E-state index contributed by atoms with van der Waals surface area (Å²) in [5, 5.41) is 9.83. The van der Waals surface area contributed by atoms with Crippen LogP contribution in [0.15, 0.2) is 29.3 Å². The van der Waals surface area contributed by atoms with E-state index in [9.17, 15) is 4.79 Å². The number of hydrogen-bond donors (Lipinski definition) is 3. The fourth-order valence-electron chi connectivity index (χ4n) is 4.54. The highest BCUT2D eigenvalue weighted by Gasteiger charge is 2.33. The van der Waals surface area contributed by atoms with E-state index in [2.05, 4.69) is 35.9 Å². The number of carbonyl (C=O) groups is 1. The quantitative estimate of drug-likeness (QED) is 0.194. The third-order valence-electron chi connectivity index (χ3n) is 6.18. The molecule has 168 valence electrons. The number of nitrogens with zero attached hydrogens (tertiary/aromatic N) is 1. The van der Waals surface area contributed by atoms with Crippen LogP contribution in [0.5, 0.6) is 0 Å². The van der Waals surface area contributed by atoms with Crippen LogP contribution < -0.4 is 16.0 Å². The molecule has 0 spiro atoms. The number of rotatable bonds is 9. The number of carbonyl (C=O) groups excluding carboxylic acids is 1. The van der Waals surface area contributed by atoms with Crippen LogP contribution in [0.4, 0.5) is 5.69 Å². The second kappa shape index (κ2) is 12.5. The van der Waals surface area contributed by atoms with Crippen LogP contribution in [0.3, 0.4) is 0 Å². The molecule has 7 heteroatoms. The number of halogens is 1. The Balaban J connectivity index is 0.00000320. The molecule has 0 aromatic heterocycles. The van der Waals surface area contributed by atoms with E-state index >= 15 is 0 Å². The predicted molar refractivity (Wildman–Crippen MR) is 134 cm³/mol. The van der Waals surface area contributed by atoms with E-state index in [0.29, 0.717) is 13.0 Å². The number of nitrogens with one attached hydrogen (secondary N) is 3. The summed E-state index contributed by atoms with van der Waals surface area (Å²) >= 11 is 0. The molecule has 1 aromatic carbocycles. The molecule has 1 amide bonds. The van der Waals surface area contributed by atoms with Gasteiger partial charge in [-0.2, -0.15) is 0 Å². The molecule has 1 atom stereocenters. The van der Waals surface area contributed by atoms with Crippen molar-refractivity contribution in [2.75, 3.05) is 38.2 Å². The van der Waals surface area contributed by atoms with Gasteiger partial charge in [0.05, 0.1) is 0 Å². The summed E-state index contributed by atoms with van der Waals surface area (Å²) in [7, 11) is 0. The lowest BCUT2D eigenvalue weighted by atomic mass is 9.83. The maximum atomic E-state index is 12.1. The third-order valence-corrected chi connectivity index (χ3v) is 6.18. The number of hydrogen-bond acceptors (Lipinski definition) is 3. The maximum Gasteiger partial charge on any atom is 0.225 e. The number of guanidine groups is 1. The summed E-state index contributed by atoms with van der Waals surface area (Å²) in [4.78, 5) is 17.0. The molecule has 1 aliphatic heterocycles. The van der Waals surface area contributed by atoms with Crippen LogP contribution in [-0.2, 0) is 9.53 Å². The molecule has 2 aliphatic rings. The Morgan fingerprint density at radius 2 is 2.00 bits per heavy atom. The zero-order valence-electron chi connectivity index (χ0n) is 18.3. The number of fused-ring (bicyclic) bond motifs is 1. The molecule has 1 fully saturated rings. The lowest BCUT2D eigenvalue weighted by molar-refractivity contribution is -0.116. The van der Waals surface area contributed by atoms with Crippen LogP contribution in [0.2, 0.25) is 0 Å². The van der Waals surface area contributed by atoms with E-state index in [1.54, 1.807) is 0 Å². The molecule has 1 saturated carbocycles. The Hall–Kier alpha value is -1.35. The Morgan fingerprint density at radius 1 is 1.23 bits per heavy atom. The average Bonchev–Trinajstić information content (AvgIpc) is 3.19. The first-order chi connectivity index (χ1) is 14.2. The van der Waals surface area contributed by atoms with Gasteiger partial charge in [-0.3, -0.25) is 9.79 Å². The van der Waals surface area contributed by atoms with Gasteiger partial charge in [0.25, 0.3) is 0 Å². The molecule has 30 heavy (non-hydrogen) atoms. The van der Waals surface area contributed by atoms with Crippen molar-refractivity contribution in [3.05, 3.63) is 29.8 Å². The van der Waals surface area contributed by atoms with Crippen molar-refractivity contribution in [2.24, 2.45) is 10.4 Å². The maximum absolute atomic E-state index is 12.1. The minimum Gasteiger partial charge on any atom is -0.382 e. The first-order valence-corrected chi connectivity index (χ1v) is 11.1. The first kappa shape index (κ1) is 24.9. The second-order valence-electron chi connectivity index (χ2n) is 8.27. The predicted octanol–water partition coefficient (Wildman–Crippen LogP) is 4.27. The van der Waals surface area contributed by atoms with Crippen molar-refractivity contribution in [3.8, 4) is 0 Å². The van der Waals surface area contributed by atoms with Crippen LogP contribution in [0.1, 0.15) is 63.9 Å². The van der Waals surface area contributed by atoms with Gasteiger partial charge >= 0.3 is 0 Å². The van der Waals surface area contributed by atoms with Crippen molar-refractivity contribution in [1.29, 1.82) is 0 Å². The molecule has 3 rings (SSSR count). The summed E-state index contributed by atoms with van der Waals surface area (Å²) in [5.41, 5.74) is 2.40. The van der Waals surface area contributed by atoms with Crippen LogP contribution in [0, 0.1) is 5.41 Å². The van der Waals surface area contributed by atoms with Gasteiger partial charge < -0.3 is 20.7 Å². The van der Waals surface area contributed by atoms with Crippen LogP contribution >= 0.6 is 24.0 Å². The molecule has 0 saturated heterocycles. The third kappa shape index (κ3) is 6.83. The fraction of sp³-hybridized carbons (Fsp3) is 0.652. The Labute approximate surface area is 198 Å².